The number of hydrogen-bond acceptors (Lipinski definition) is 8. The Hall–Kier alpha value is -3.07. The van der Waals surface area contributed by atoms with E-state index in [9.17, 15) is 4.79 Å². The van der Waals surface area contributed by atoms with Crippen molar-refractivity contribution in [3.63, 3.8) is 0 Å². The maximum Gasteiger partial charge on any atom is 0.209 e. The molecule has 0 bridgehead atoms. The Bertz CT molecular complexity index is 999. The summed E-state index contributed by atoms with van der Waals surface area (Å²) in [5.74, 6) is 1.41. The van der Waals surface area contributed by atoms with Crippen LogP contribution in [0.1, 0.15) is 28.8 Å². The first kappa shape index (κ1) is 19.7. The van der Waals surface area contributed by atoms with E-state index in [1.54, 1.807) is 44.0 Å². The molecule has 0 radical (unpaired) electrons. The summed E-state index contributed by atoms with van der Waals surface area (Å²) in [7, 11) is 3.38. The lowest BCUT2D eigenvalue weighted by Gasteiger charge is -2.12. The Balaban J connectivity index is 0.000000403. The predicted molar refractivity (Wildman–Crippen MR) is 114 cm³/mol. The van der Waals surface area contributed by atoms with Crippen molar-refractivity contribution in [1.29, 1.82) is 5.41 Å². The molecule has 0 atom stereocenters. The Morgan fingerprint density at radius 2 is 2.00 bits per heavy atom. The van der Waals surface area contributed by atoms with Crippen LogP contribution in [-0.4, -0.2) is 46.6 Å². The van der Waals surface area contributed by atoms with Crippen LogP contribution in [0, 0.1) is 5.41 Å². The van der Waals surface area contributed by atoms with Gasteiger partial charge in [-0.2, -0.15) is 0 Å². The van der Waals surface area contributed by atoms with Gasteiger partial charge in [0.15, 0.2) is 0 Å². The van der Waals surface area contributed by atoms with E-state index in [1.807, 2.05) is 0 Å². The zero-order chi connectivity index (χ0) is 20.1. The minimum Gasteiger partial charge on any atom is -0.397 e. The van der Waals surface area contributed by atoms with Crippen LogP contribution in [-0.2, 0) is 17.6 Å². The Labute approximate surface area is 167 Å². The second-order valence-corrected chi connectivity index (χ2v) is 7.73. The van der Waals surface area contributed by atoms with Gasteiger partial charge in [-0.1, -0.05) is 0 Å². The van der Waals surface area contributed by atoms with Crippen molar-refractivity contribution in [2.24, 2.45) is 0 Å². The summed E-state index contributed by atoms with van der Waals surface area (Å²) < 4.78 is 0. The van der Waals surface area contributed by atoms with Crippen molar-refractivity contribution >= 4 is 51.5 Å². The molecule has 3 aromatic heterocycles. The minimum atomic E-state index is 0.492. The topological polar surface area (TPSA) is 121 Å². The molecule has 0 unspecified atom stereocenters. The molecular formula is C19H23N7OS. The fraction of sp³-hybridized carbons (Fsp3) is 0.316. The Morgan fingerprint density at radius 3 is 2.71 bits per heavy atom. The third-order valence-corrected chi connectivity index (χ3v) is 5.53. The number of aromatic nitrogens is 3. The molecule has 0 saturated heterocycles. The Morgan fingerprint density at radius 1 is 1.25 bits per heavy atom. The molecule has 3 heterocycles. The summed E-state index contributed by atoms with van der Waals surface area (Å²) in [6.45, 7) is 0. The Kier molecular flexibility index (Phi) is 6.15. The number of thiophene rings is 1. The second kappa shape index (κ2) is 8.75. The lowest BCUT2D eigenvalue weighted by molar-refractivity contribution is -0.115. The highest BCUT2D eigenvalue weighted by molar-refractivity contribution is 7.19. The molecule has 1 aliphatic rings. The maximum absolute atomic E-state index is 9.43. The van der Waals surface area contributed by atoms with E-state index in [-0.39, 0.29) is 0 Å². The first-order chi connectivity index (χ1) is 13.5. The van der Waals surface area contributed by atoms with E-state index in [0.717, 1.165) is 35.3 Å². The number of amides is 1. The highest BCUT2D eigenvalue weighted by atomic mass is 32.1. The van der Waals surface area contributed by atoms with Crippen LogP contribution >= 0.6 is 11.3 Å². The molecule has 146 valence electrons. The summed E-state index contributed by atoms with van der Waals surface area (Å²) in [5, 5.41) is 11.8. The van der Waals surface area contributed by atoms with Gasteiger partial charge < -0.3 is 21.4 Å². The first-order valence-corrected chi connectivity index (χ1v) is 9.75. The van der Waals surface area contributed by atoms with Gasteiger partial charge in [0.1, 0.15) is 22.8 Å². The van der Waals surface area contributed by atoms with Crippen molar-refractivity contribution < 1.29 is 4.79 Å². The smallest absolute Gasteiger partial charge is 0.209 e. The fourth-order valence-corrected chi connectivity index (χ4v) is 4.21. The van der Waals surface area contributed by atoms with Crippen molar-refractivity contribution in [3.05, 3.63) is 34.6 Å². The number of pyridine rings is 1. The first-order valence-electron chi connectivity index (χ1n) is 8.93. The van der Waals surface area contributed by atoms with Crippen LogP contribution in [0.3, 0.4) is 0 Å². The van der Waals surface area contributed by atoms with Crippen molar-refractivity contribution in [2.45, 2.75) is 25.7 Å². The molecule has 28 heavy (non-hydrogen) atoms. The SMILES string of the molecule is CN(C)C=O.N=Cc1cc(Nc2ncnc3sc4c(c23)CCCC4)ncc1N. The third-order valence-electron chi connectivity index (χ3n) is 4.33. The minimum absolute atomic E-state index is 0.492. The largest absolute Gasteiger partial charge is 0.397 e. The number of nitrogen functional groups attached to an aromatic ring is 1. The second-order valence-electron chi connectivity index (χ2n) is 6.65. The van der Waals surface area contributed by atoms with Crippen molar-refractivity contribution in [1.82, 2.24) is 19.9 Å². The maximum atomic E-state index is 9.43. The highest BCUT2D eigenvalue weighted by Gasteiger charge is 2.20. The summed E-state index contributed by atoms with van der Waals surface area (Å²) >= 11 is 1.77. The number of aryl methyl sites for hydroxylation is 2. The molecule has 0 spiro atoms. The quantitative estimate of drug-likeness (QED) is 0.460. The van der Waals surface area contributed by atoms with Crippen LogP contribution in [0.5, 0.6) is 0 Å². The van der Waals surface area contributed by atoms with Gasteiger partial charge >= 0.3 is 0 Å². The number of hydrogen-bond donors (Lipinski definition) is 3. The summed E-state index contributed by atoms with van der Waals surface area (Å²) in [6, 6.07) is 1.76. The summed E-state index contributed by atoms with van der Waals surface area (Å²) in [6.07, 6.45) is 9.80. The molecule has 1 amide bonds. The van der Waals surface area contributed by atoms with Crippen molar-refractivity contribution in [3.8, 4) is 0 Å². The van der Waals surface area contributed by atoms with E-state index >= 15 is 0 Å². The molecule has 0 saturated carbocycles. The standard InChI is InChI=1S/C16H16N6S.C3H7NO/c17-6-9-5-13(19-7-11(9)18)22-15-14-10-3-1-2-4-12(10)23-16(14)21-8-20-15;1-4(2)3-5/h5-8,17H,1-4,18H2,(H,19,20,21,22);3H,1-2H3. The number of carbonyl (C=O) groups excluding carboxylic acids is 1. The van der Waals surface area contributed by atoms with Gasteiger partial charge in [0.25, 0.3) is 0 Å². The van der Waals surface area contributed by atoms with Gasteiger partial charge in [-0.05, 0) is 37.3 Å². The summed E-state index contributed by atoms with van der Waals surface area (Å²) in [4.78, 5) is 26.5. The molecule has 8 nitrogen and oxygen atoms in total. The van der Waals surface area contributed by atoms with E-state index in [1.165, 1.54) is 34.4 Å². The molecule has 9 heteroatoms. The predicted octanol–water partition coefficient (Wildman–Crippen LogP) is 2.99. The average Bonchev–Trinajstić information content (AvgIpc) is 3.09. The normalized spacial score (nSPS) is 12.5. The van der Waals surface area contributed by atoms with E-state index in [4.69, 9.17) is 11.1 Å². The molecule has 1 aliphatic carbocycles. The zero-order valence-corrected chi connectivity index (χ0v) is 16.7. The van der Waals surface area contributed by atoms with Crippen LogP contribution in [0.4, 0.5) is 17.3 Å². The average molecular weight is 398 g/mol. The molecule has 4 rings (SSSR count). The van der Waals surface area contributed by atoms with E-state index in [2.05, 4.69) is 20.3 Å². The van der Waals surface area contributed by atoms with Gasteiger partial charge in [0.2, 0.25) is 6.41 Å². The number of nitrogens with zero attached hydrogens (tertiary/aromatic N) is 4. The van der Waals surface area contributed by atoms with Gasteiger partial charge in [-0.25, -0.2) is 15.0 Å². The fourth-order valence-electron chi connectivity index (χ4n) is 2.98. The molecule has 3 aromatic rings. The van der Waals surface area contributed by atoms with E-state index < -0.39 is 0 Å². The van der Waals surface area contributed by atoms with Gasteiger partial charge in [-0.15, -0.1) is 11.3 Å². The van der Waals surface area contributed by atoms with Gasteiger partial charge in [-0.3, -0.25) is 4.79 Å². The van der Waals surface area contributed by atoms with Crippen LogP contribution in [0.25, 0.3) is 10.2 Å². The number of fused-ring (bicyclic) bond motifs is 3. The number of nitrogens with one attached hydrogen (secondary N) is 2. The summed E-state index contributed by atoms with van der Waals surface area (Å²) in [5.41, 5.74) is 8.30. The number of carbonyl (C=O) groups is 1. The van der Waals surface area contributed by atoms with Crippen LogP contribution in [0.2, 0.25) is 0 Å². The molecule has 0 fully saturated rings. The number of anilines is 3. The molecular weight excluding hydrogens is 374 g/mol. The molecule has 0 aliphatic heterocycles. The highest BCUT2D eigenvalue weighted by Crippen LogP contribution is 2.38. The van der Waals surface area contributed by atoms with Gasteiger partial charge in [0.05, 0.1) is 17.3 Å². The zero-order valence-electron chi connectivity index (χ0n) is 15.9. The molecule has 0 aromatic carbocycles. The lowest BCUT2D eigenvalue weighted by Crippen LogP contribution is -2.06. The van der Waals surface area contributed by atoms with Gasteiger partial charge in [0, 0.05) is 30.8 Å². The molecule has 4 N–H and O–H groups in total. The van der Waals surface area contributed by atoms with E-state index in [0.29, 0.717) is 17.1 Å². The van der Waals surface area contributed by atoms with Crippen LogP contribution < -0.4 is 11.1 Å². The third kappa shape index (κ3) is 4.25. The number of rotatable bonds is 4. The van der Waals surface area contributed by atoms with Crippen molar-refractivity contribution in [2.75, 3.05) is 25.1 Å². The lowest BCUT2D eigenvalue weighted by atomic mass is 9.97. The van der Waals surface area contributed by atoms with Crippen LogP contribution in [0.15, 0.2) is 18.6 Å². The number of nitrogens with two attached hydrogens (primary N) is 1. The monoisotopic (exact) mass is 397 g/mol.